The number of nitrogens with zero attached hydrogens (tertiary/aromatic N) is 1. The molecule has 2 atom stereocenters. The fraction of sp³-hybridized carbons (Fsp3) is 0.529. The molecule has 1 aliphatic heterocycles. The highest BCUT2D eigenvalue weighted by atomic mass is 35.5. The Morgan fingerprint density at radius 3 is 2.65 bits per heavy atom. The van der Waals surface area contributed by atoms with E-state index in [1.54, 1.807) is 4.90 Å². The van der Waals surface area contributed by atoms with Crippen molar-refractivity contribution in [3.63, 3.8) is 0 Å². The van der Waals surface area contributed by atoms with E-state index in [1.165, 1.54) is 18.2 Å². The summed E-state index contributed by atoms with van der Waals surface area (Å²) in [6.07, 6.45) is 1.11. The van der Waals surface area contributed by atoms with Gasteiger partial charge in [-0.2, -0.15) is 0 Å². The standard InChI is InChI=1S/C17H23ClN2O5S/c1-3-11(2)20(13-6-7-26(23,24)10-13)16(21)9-25-15-5-4-12(18)8-14(15)17(19)22/h4-5,8,11,13H,3,6-7,9-10H2,1-2H3,(H2,19,22)/t11-,13-/m0/s1. The van der Waals surface area contributed by atoms with E-state index in [4.69, 9.17) is 22.1 Å². The number of nitrogens with two attached hydrogens (primary N) is 1. The molecule has 1 aromatic carbocycles. The smallest absolute Gasteiger partial charge is 0.261 e. The van der Waals surface area contributed by atoms with Gasteiger partial charge in [-0.1, -0.05) is 18.5 Å². The van der Waals surface area contributed by atoms with E-state index in [0.717, 1.165) is 0 Å². The molecule has 9 heteroatoms. The average molecular weight is 403 g/mol. The van der Waals surface area contributed by atoms with Crippen molar-refractivity contribution in [3.8, 4) is 5.75 Å². The highest BCUT2D eigenvalue weighted by Gasteiger charge is 2.36. The number of carbonyl (C=O) groups is 2. The summed E-state index contributed by atoms with van der Waals surface area (Å²) in [5.41, 5.74) is 5.40. The van der Waals surface area contributed by atoms with E-state index in [9.17, 15) is 18.0 Å². The maximum Gasteiger partial charge on any atom is 0.261 e. The number of ether oxygens (including phenoxy) is 1. The monoisotopic (exact) mass is 402 g/mol. The molecule has 26 heavy (non-hydrogen) atoms. The number of hydrogen-bond acceptors (Lipinski definition) is 5. The molecular formula is C17H23ClN2O5S. The zero-order chi connectivity index (χ0) is 19.5. The Labute approximate surface area is 158 Å². The molecule has 1 heterocycles. The fourth-order valence-electron chi connectivity index (χ4n) is 3.04. The van der Waals surface area contributed by atoms with Gasteiger partial charge in [0, 0.05) is 17.1 Å². The van der Waals surface area contributed by atoms with Crippen LogP contribution in [0.15, 0.2) is 18.2 Å². The topological polar surface area (TPSA) is 107 Å². The van der Waals surface area contributed by atoms with Crippen molar-refractivity contribution < 1.29 is 22.7 Å². The zero-order valence-corrected chi connectivity index (χ0v) is 16.3. The molecule has 1 fully saturated rings. The molecule has 2 amide bonds. The first-order chi connectivity index (χ1) is 12.1. The van der Waals surface area contributed by atoms with Crippen molar-refractivity contribution in [2.75, 3.05) is 18.1 Å². The number of sulfone groups is 1. The lowest BCUT2D eigenvalue weighted by atomic mass is 10.1. The van der Waals surface area contributed by atoms with Crippen molar-refractivity contribution in [1.29, 1.82) is 0 Å². The molecule has 0 unspecified atom stereocenters. The second-order valence-electron chi connectivity index (χ2n) is 6.41. The van der Waals surface area contributed by atoms with E-state index in [2.05, 4.69) is 0 Å². The highest BCUT2D eigenvalue weighted by molar-refractivity contribution is 7.91. The molecule has 0 radical (unpaired) electrons. The van der Waals surface area contributed by atoms with E-state index < -0.39 is 15.7 Å². The summed E-state index contributed by atoms with van der Waals surface area (Å²) < 4.78 is 29.1. The number of primary amides is 1. The Morgan fingerprint density at radius 1 is 1.42 bits per heavy atom. The van der Waals surface area contributed by atoms with Crippen LogP contribution in [0.25, 0.3) is 0 Å². The van der Waals surface area contributed by atoms with Gasteiger partial charge in [0.15, 0.2) is 16.4 Å². The van der Waals surface area contributed by atoms with Gasteiger partial charge >= 0.3 is 0 Å². The van der Waals surface area contributed by atoms with Gasteiger partial charge < -0.3 is 15.4 Å². The van der Waals surface area contributed by atoms with Gasteiger partial charge in [-0.25, -0.2) is 8.42 Å². The zero-order valence-electron chi connectivity index (χ0n) is 14.8. The van der Waals surface area contributed by atoms with Crippen LogP contribution in [0, 0.1) is 0 Å². The van der Waals surface area contributed by atoms with Crippen molar-refractivity contribution in [2.45, 2.75) is 38.8 Å². The second-order valence-corrected chi connectivity index (χ2v) is 9.07. The minimum absolute atomic E-state index is 0.0312. The molecule has 1 aliphatic rings. The first-order valence-corrected chi connectivity index (χ1v) is 10.6. The van der Waals surface area contributed by atoms with Gasteiger partial charge in [-0.15, -0.1) is 0 Å². The molecular weight excluding hydrogens is 380 g/mol. The van der Waals surface area contributed by atoms with Crippen LogP contribution in [0.2, 0.25) is 5.02 Å². The molecule has 0 bridgehead atoms. The van der Waals surface area contributed by atoms with Gasteiger partial charge in [-0.05, 0) is 38.0 Å². The van der Waals surface area contributed by atoms with Crippen molar-refractivity contribution in [3.05, 3.63) is 28.8 Å². The largest absolute Gasteiger partial charge is 0.483 e. The Morgan fingerprint density at radius 2 is 2.12 bits per heavy atom. The lowest BCUT2D eigenvalue weighted by molar-refractivity contribution is -0.137. The van der Waals surface area contributed by atoms with Gasteiger partial charge in [0.05, 0.1) is 17.1 Å². The third kappa shape index (κ3) is 4.88. The molecule has 1 aromatic rings. The molecule has 0 saturated carbocycles. The van der Waals surface area contributed by atoms with Crippen LogP contribution in [0.5, 0.6) is 5.75 Å². The summed E-state index contributed by atoms with van der Waals surface area (Å²) >= 11 is 5.85. The van der Waals surface area contributed by atoms with Gasteiger partial charge in [0.2, 0.25) is 0 Å². The van der Waals surface area contributed by atoms with Crippen LogP contribution in [-0.2, 0) is 14.6 Å². The lowest BCUT2D eigenvalue weighted by Crippen LogP contribution is -2.48. The van der Waals surface area contributed by atoms with Gasteiger partial charge in [-0.3, -0.25) is 9.59 Å². The number of benzene rings is 1. The Bertz CT molecular complexity index is 796. The number of carbonyl (C=O) groups excluding carboxylic acids is 2. The van der Waals surface area contributed by atoms with E-state index in [0.29, 0.717) is 17.9 Å². The number of rotatable bonds is 7. The number of amides is 2. The van der Waals surface area contributed by atoms with Gasteiger partial charge in [0.25, 0.3) is 11.8 Å². The van der Waals surface area contributed by atoms with Crippen LogP contribution in [0.4, 0.5) is 0 Å². The number of hydrogen-bond donors (Lipinski definition) is 1. The summed E-state index contributed by atoms with van der Waals surface area (Å²) in [5, 5.41) is 0.329. The molecule has 0 aromatic heterocycles. The first-order valence-electron chi connectivity index (χ1n) is 8.38. The van der Waals surface area contributed by atoms with Crippen LogP contribution in [-0.4, -0.2) is 55.3 Å². The van der Waals surface area contributed by atoms with E-state index in [1.807, 2.05) is 13.8 Å². The number of halogens is 1. The van der Waals surface area contributed by atoms with E-state index in [-0.39, 0.29) is 47.4 Å². The summed E-state index contributed by atoms with van der Waals surface area (Å²) in [7, 11) is -3.12. The molecule has 144 valence electrons. The summed E-state index contributed by atoms with van der Waals surface area (Å²) in [6.45, 7) is 3.49. The minimum Gasteiger partial charge on any atom is -0.483 e. The van der Waals surface area contributed by atoms with E-state index >= 15 is 0 Å². The molecule has 0 spiro atoms. The Kier molecular flexibility index (Phi) is 6.52. The van der Waals surface area contributed by atoms with Crippen molar-refractivity contribution >= 4 is 33.3 Å². The highest BCUT2D eigenvalue weighted by Crippen LogP contribution is 2.24. The quantitative estimate of drug-likeness (QED) is 0.745. The predicted octanol–water partition coefficient (Wildman–Crippen LogP) is 1.63. The lowest BCUT2D eigenvalue weighted by Gasteiger charge is -2.33. The normalized spacial score (nSPS) is 19.7. The third-order valence-electron chi connectivity index (χ3n) is 4.51. The Balaban J connectivity index is 2.14. The van der Waals surface area contributed by atoms with Crippen LogP contribution in [0.1, 0.15) is 37.0 Å². The maximum atomic E-state index is 12.7. The minimum atomic E-state index is -3.12. The van der Waals surface area contributed by atoms with Crippen LogP contribution >= 0.6 is 11.6 Å². The summed E-state index contributed by atoms with van der Waals surface area (Å²) in [5.74, 6) is -0.820. The molecule has 2 N–H and O–H groups in total. The average Bonchev–Trinajstić information content (AvgIpc) is 2.92. The molecule has 2 rings (SSSR count). The molecule has 7 nitrogen and oxygen atoms in total. The second kappa shape index (κ2) is 8.26. The maximum absolute atomic E-state index is 12.7. The van der Waals surface area contributed by atoms with Gasteiger partial charge in [0.1, 0.15) is 5.75 Å². The summed E-state index contributed by atoms with van der Waals surface area (Å²) in [4.78, 5) is 25.8. The third-order valence-corrected chi connectivity index (χ3v) is 6.50. The molecule has 0 aliphatic carbocycles. The molecule has 1 saturated heterocycles. The summed E-state index contributed by atoms with van der Waals surface area (Å²) in [6, 6.07) is 3.91. The van der Waals surface area contributed by atoms with Crippen LogP contribution < -0.4 is 10.5 Å². The fourth-order valence-corrected chi connectivity index (χ4v) is 4.92. The van der Waals surface area contributed by atoms with Crippen molar-refractivity contribution in [1.82, 2.24) is 4.90 Å². The SMILES string of the molecule is CC[C@H](C)N(C(=O)COc1ccc(Cl)cc1C(N)=O)[C@H]1CCS(=O)(=O)C1. The van der Waals surface area contributed by atoms with Crippen molar-refractivity contribution in [2.24, 2.45) is 5.73 Å². The predicted molar refractivity (Wildman–Crippen MR) is 99.1 cm³/mol. The van der Waals surface area contributed by atoms with Crippen LogP contribution in [0.3, 0.4) is 0 Å². The Hall–Kier alpha value is -1.80. The first kappa shape index (κ1) is 20.5.